The van der Waals surface area contributed by atoms with Crippen molar-refractivity contribution in [3.05, 3.63) is 70.4 Å². The Morgan fingerprint density at radius 3 is 2.16 bits per heavy atom. The Bertz CT molecular complexity index is 1060. The van der Waals surface area contributed by atoms with Gasteiger partial charge in [0.1, 0.15) is 5.70 Å². The zero-order valence-corrected chi connectivity index (χ0v) is 17.4. The molecule has 0 radical (unpaired) electrons. The van der Waals surface area contributed by atoms with Crippen molar-refractivity contribution >= 4 is 34.7 Å². The lowest BCUT2D eigenvalue weighted by Crippen LogP contribution is -2.46. The molecule has 0 spiro atoms. The maximum atomic E-state index is 13.4. The summed E-state index contributed by atoms with van der Waals surface area (Å²) in [4.78, 5) is 31.5. The number of anilines is 1. The molecule has 2 aliphatic heterocycles. The van der Waals surface area contributed by atoms with E-state index < -0.39 is 28.6 Å². The molecule has 2 heterocycles. The van der Waals surface area contributed by atoms with E-state index in [0.717, 1.165) is 17.0 Å². The summed E-state index contributed by atoms with van der Waals surface area (Å²) >= 11 is 5.72. The Morgan fingerprint density at radius 2 is 1.55 bits per heavy atom. The van der Waals surface area contributed by atoms with Gasteiger partial charge in [0.15, 0.2) is 0 Å². The van der Waals surface area contributed by atoms with Gasteiger partial charge in [-0.25, -0.2) is 4.90 Å². The lowest BCUT2D eigenvalue weighted by molar-refractivity contribution is -0.137. The first-order chi connectivity index (χ1) is 14.7. The van der Waals surface area contributed by atoms with Crippen molar-refractivity contribution in [2.24, 2.45) is 0 Å². The van der Waals surface area contributed by atoms with Crippen LogP contribution in [0.5, 0.6) is 0 Å². The Morgan fingerprint density at radius 1 is 0.903 bits per heavy atom. The van der Waals surface area contributed by atoms with Gasteiger partial charge in [0, 0.05) is 26.2 Å². The van der Waals surface area contributed by atoms with Gasteiger partial charge in [0.25, 0.3) is 11.8 Å². The van der Waals surface area contributed by atoms with Crippen LogP contribution in [-0.2, 0) is 15.8 Å². The van der Waals surface area contributed by atoms with E-state index in [4.69, 9.17) is 11.6 Å². The van der Waals surface area contributed by atoms with Gasteiger partial charge in [-0.15, -0.1) is 0 Å². The van der Waals surface area contributed by atoms with Gasteiger partial charge in [-0.1, -0.05) is 41.9 Å². The van der Waals surface area contributed by atoms with Crippen molar-refractivity contribution in [3.8, 4) is 0 Å². The number of carbonyl (C=O) groups excluding carboxylic acids is 2. The molecule has 4 rings (SSSR count). The molecule has 9 heteroatoms. The Labute approximate surface area is 182 Å². The Hall–Kier alpha value is -2.84. The molecule has 1 saturated heterocycles. The number of likely N-dealkylation sites (N-methyl/N-ethyl adjacent to an activating group) is 1. The minimum atomic E-state index is -4.71. The number of amides is 2. The van der Waals surface area contributed by atoms with E-state index >= 15 is 0 Å². The minimum absolute atomic E-state index is 0.163. The van der Waals surface area contributed by atoms with Crippen LogP contribution >= 0.6 is 11.6 Å². The van der Waals surface area contributed by atoms with Crippen LogP contribution in [0.4, 0.5) is 18.9 Å². The molecule has 162 valence electrons. The molecule has 0 unspecified atom stereocenters. The molecule has 0 atom stereocenters. The highest BCUT2D eigenvalue weighted by molar-refractivity contribution is 6.45. The van der Waals surface area contributed by atoms with E-state index in [0.29, 0.717) is 31.7 Å². The number of hydrogen-bond donors (Lipinski definition) is 0. The molecule has 0 saturated carbocycles. The van der Waals surface area contributed by atoms with Crippen LogP contribution in [0, 0.1) is 0 Å². The van der Waals surface area contributed by atoms with E-state index in [1.807, 2.05) is 11.9 Å². The van der Waals surface area contributed by atoms with E-state index in [1.54, 1.807) is 30.3 Å². The topological polar surface area (TPSA) is 43.9 Å². The van der Waals surface area contributed by atoms with Crippen LogP contribution in [0.1, 0.15) is 11.1 Å². The van der Waals surface area contributed by atoms with Gasteiger partial charge >= 0.3 is 6.18 Å². The summed E-state index contributed by atoms with van der Waals surface area (Å²) in [6.07, 6.45) is -4.71. The van der Waals surface area contributed by atoms with Crippen LogP contribution < -0.4 is 4.90 Å². The molecule has 0 N–H and O–H groups in total. The number of piperazine rings is 1. The summed E-state index contributed by atoms with van der Waals surface area (Å²) in [6, 6.07) is 11.7. The fraction of sp³-hybridized carbons (Fsp3) is 0.273. The third-order valence-corrected chi connectivity index (χ3v) is 5.78. The molecular formula is C22H19ClF3N3O2. The van der Waals surface area contributed by atoms with Gasteiger partial charge in [0.2, 0.25) is 0 Å². The molecule has 31 heavy (non-hydrogen) atoms. The number of carbonyl (C=O) groups is 2. The number of benzene rings is 2. The maximum Gasteiger partial charge on any atom is 0.417 e. The number of rotatable bonds is 3. The second-order valence-electron chi connectivity index (χ2n) is 7.49. The predicted molar refractivity (Wildman–Crippen MR) is 111 cm³/mol. The predicted octanol–water partition coefficient (Wildman–Crippen LogP) is 3.89. The highest BCUT2D eigenvalue weighted by Crippen LogP contribution is 2.40. The van der Waals surface area contributed by atoms with Crippen LogP contribution in [-0.4, -0.2) is 54.8 Å². The zero-order chi connectivity index (χ0) is 22.3. The zero-order valence-electron chi connectivity index (χ0n) is 16.6. The number of imide groups is 1. The van der Waals surface area contributed by atoms with Crippen LogP contribution in [0.3, 0.4) is 0 Å². The largest absolute Gasteiger partial charge is 0.417 e. The SMILES string of the molecule is CN1CCN(C2=C(c3ccccc3)C(=O)N(c3ccc(Cl)c(C(F)(F)F)c3)C2=O)CC1. The molecule has 0 bridgehead atoms. The third-order valence-electron chi connectivity index (χ3n) is 5.45. The van der Waals surface area contributed by atoms with Crippen molar-refractivity contribution in [3.63, 3.8) is 0 Å². The lowest BCUT2D eigenvalue weighted by atomic mass is 10.0. The summed E-state index contributed by atoms with van der Waals surface area (Å²) in [6.45, 7) is 2.46. The van der Waals surface area contributed by atoms with Gasteiger partial charge in [-0.05, 0) is 30.8 Å². The average Bonchev–Trinajstić information content (AvgIpc) is 2.99. The van der Waals surface area contributed by atoms with Crippen LogP contribution in [0.15, 0.2) is 54.2 Å². The first-order valence-corrected chi connectivity index (χ1v) is 10.0. The fourth-order valence-electron chi connectivity index (χ4n) is 3.81. The molecule has 1 fully saturated rings. The van der Waals surface area contributed by atoms with E-state index in [9.17, 15) is 22.8 Å². The summed E-state index contributed by atoms with van der Waals surface area (Å²) in [5.74, 6) is -1.29. The standard InChI is InChI=1S/C22H19ClF3N3O2/c1-27-9-11-28(12-10-27)19-18(14-5-3-2-4-6-14)20(30)29(21(19)31)15-7-8-17(23)16(13-15)22(24,25)26/h2-8,13H,9-12H2,1H3. The van der Waals surface area contributed by atoms with Crippen LogP contribution in [0.2, 0.25) is 5.02 Å². The second kappa shape index (κ2) is 8.01. The average molecular weight is 450 g/mol. The van der Waals surface area contributed by atoms with Gasteiger partial charge < -0.3 is 9.80 Å². The second-order valence-corrected chi connectivity index (χ2v) is 7.89. The fourth-order valence-corrected chi connectivity index (χ4v) is 4.04. The lowest BCUT2D eigenvalue weighted by Gasteiger charge is -2.34. The van der Waals surface area contributed by atoms with Crippen molar-refractivity contribution in [2.75, 3.05) is 38.1 Å². The van der Waals surface area contributed by atoms with Gasteiger partial charge in [-0.3, -0.25) is 9.59 Å². The molecule has 2 aliphatic rings. The Kier molecular flexibility index (Phi) is 5.53. The van der Waals surface area contributed by atoms with Crippen molar-refractivity contribution in [2.45, 2.75) is 6.18 Å². The van der Waals surface area contributed by atoms with E-state index in [1.165, 1.54) is 6.07 Å². The minimum Gasteiger partial charge on any atom is -0.364 e. The maximum absolute atomic E-state index is 13.4. The highest BCUT2D eigenvalue weighted by Gasteiger charge is 2.44. The van der Waals surface area contributed by atoms with Gasteiger partial charge in [0.05, 0.1) is 21.8 Å². The Balaban J connectivity index is 1.81. The summed E-state index contributed by atoms with van der Waals surface area (Å²) in [5, 5.41) is -0.495. The first kappa shape index (κ1) is 21.4. The quantitative estimate of drug-likeness (QED) is 0.667. The van der Waals surface area contributed by atoms with Crippen molar-refractivity contribution in [1.82, 2.24) is 9.80 Å². The third kappa shape index (κ3) is 3.93. The molecule has 5 nitrogen and oxygen atoms in total. The highest BCUT2D eigenvalue weighted by atomic mass is 35.5. The summed E-state index contributed by atoms with van der Waals surface area (Å²) in [5.41, 5.74) is -0.306. The van der Waals surface area contributed by atoms with Crippen molar-refractivity contribution < 1.29 is 22.8 Å². The molecule has 0 aromatic heterocycles. The first-order valence-electron chi connectivity index (χ1n) is 9.67. The van der Waals surface area contributed by atoms with Crippen molar-refractivity contribution in [1.29, 1.82) is 0 Å². The summed E-state index contributed by atoms with van der Waals surface area (Å²) in [7, 11) is 1.96. The number of alkyl halides is 3. The molecular weight excluding hydrogens is 431 g/mol. The summed E-state index contributed by atoms with van der Waals surface area (Å²) < 4.78 is 40.1. The smallest absolute Gasteiger partial charge is 0.364 e. The van der Waals surface area contributed by atoms with Crippen LogP contribution in [0.25, 0.3) is 5.57 Å². The molecule has 2 aromatic rings. The van der Waals surface area contributed by atoms with E-state index in [2.05, 4.69) is 4.90 Å². The molecule has 0 aliphatic carbocycles. The van der Waals surface area contributed by atoms with Gasteiger partial charge in [-0.2, -0.15) is 13.2 Å². The van der Waals surface area contributed by atoms with E-state index in [-0.39, 0.29) is 17.0 Å². The number of halogens is 4. The normalized spacial score (nSPS) is 18.4. The molecule has 2 aromatic carbocycles. The molecule has 2 amide bonds. The number of hydrogen-bond acceptors (Lipinski definition) is 4. The monoisotopic (exact) mass is 449 g/mol. The number of nitrogens with zero attached hydrogens (tertiary/aromatic N) is 3.